The number of fused-ring (bicyclic) bond motifs is 6. The molecule has 7 heterocycles. The second-order valence-electron chi connectivity index (χ2n) is 10.7. The number of nitrogens with one attached hydrogen (secondary N) is 1. The van der Waals surface area contributed by atoms with Gasteiger partial charge in [0.05, 0.1) is 31.3 Å². The number of aromatic nitrogens is 4. The van der Waals surface area contributed by atoms with Gasteiger partial charge < -0.3 is 23.8 Å². The van der Waals surface area contributed by atoms with Gasteiger partial charge in [-0.25, -0.2) is 15.0 Å². The number of ether oxygens (including phenoxy) is 2. The Hall–Kier alpha value is -3.74. The Morgan fingerprint density at radius 3 is 2.73 bits per heavy atom. The third kappa shape index (κ3) is 3.93. The van der Waals surface area contributed by atoms with E-state index in [1.807, 2.05) is 6.20 Å². The molecule has 1 aromatic carbocycles. The molecule has 3 aliphatic heterocycles. The van der Waals surface area contributed by atoms with Crippen LogP contribution in [0.1, 0.15) is 17.7 Å². The van der Waals surface area contributed by atoms with Crippen LogP contribution in [-0.4, -0.2) is 76.4 Å². The lowest BCUT2D eigenvalue weighted by molar-refractivity contribution is -0.140. The van der Waals surface area contributed by atoms with Crippen LogP contribution in [0.5, 0.6) is 0 Å². The second-order valence-corrected chi connectivity index (χ2v) is 10.7. The minimum atomic E-state index is -4.50. The fourth-order valence-electron chi connectivity index (χ4n) is 6.16. The molecule has 4 aromatic heterocycles. The number of likely N-dealkylation sites (tertiary alicyclic amines) is 1. The molecule has 206 valence electrons. The average Bonchev–Trinajstić information content (AvgIpc) is 3.75. The van der Waals surface area contributed by atoms with Gasteiger partial charge in [-0.2, -0.15) is 13.2 Å². The maximum atomic E-state index is 13.5. The number of pyridine rings is 1. The first-order chi connectivity index (χ1) is 19.4. The molecule has 2 bridgehead atoms. The first-order valence-electron chi connectivity index (χ1n) is 13.4. The van der Waals surface area contributed by atoms with Crippen molar-refractivity contribution in [1.29, 1.82) is 0 Å². The minimum absolute atomic E-state index is 0.303. The molecule has 9 nitrogen and oxygen atoms in total. The van der Waals surface area contributed by atoms with Crippen LogP contribution in [0.2, 0.25) is 0 Å². The van der Waals surface area contributed by atoms with Gasteiger partial charge in [0.2, 0.25) is 5.71 Å². The molecule has 0 unspecified atom stereocenters. The molecule has 0 saturated carbocycles. The number of aromatic amines is 1. The highest BCUT2D eigenvalue weighted by Gasteiger charge is 2.39. The van der Waals surface area contributed by atoms with E-state index in [4.69, 9.17) is 23.9 Å². The second kappa shape index (κ2) is 8.88. The molecular weight excluding hydrogens is 525 g/mol. The van der Waals surface area contributed by atoms with Crippen molar-refractivity contribution in [2.24, 2.45) is 0 Å². The molecular formula is C28H25F3N6O3. The molecule has 5 aromatic rings. The minimum Gasteiger partial charge on any atom is -0.432 e. The number of halogens is 3. The van der Waals surface area contributed by atoms with E-state index in [1.54, 1.807) is 18.2 Å². The number of hydrogen-bond donors (Lipinski definition) is 1. The highest BCUT2D eigenvalue weighted by Crippen LogP contribution is 2.39. The molecule has 3 fully saturated rings. The Kier molecular flexibility index (Phi) is 5.35. The molecule has 40 heavy (non-hydrogen) atoms. The summed E-state index contributed by atoms with van der Waals surface area (Å²) >= 11 is 0. The Bertz CT molecular complexity index is 1760. The normalized spacial score (nSPS) is 21.9. The van der Waals surface area contributed by atoms with Crippen molar-refractivity contribution in [2.75, 3.05) is 44.4 Å². The van der Waals surface area contributed by atoms with Gasteiger partial charge in [0, 0.05) is 54.9 Å². The molecule has 0 aliphatic carbocycles. The van der Waals surface area contributed by atoms with Crippen molar-refractivity contribution in [3.05, 3.63) is 47.8 Å². The first-order valence-corrected chi connectivity index (χ1v) is 13.4. The van der Waals surface area contributed by atoms with E-state index in [1.165, 1.54) is 0 Å². The van der Waals surface area contributed by atoms with Gasteiger partial charge in [0.15, 0.2) is 17.2 Å². The van der Waals surface area contributed by atoms with E-state index >= 15 is 0 Å². The number of rotatable bonds is 4. The lowest BCUT2D eigenvalue weighted by Crippen LogP contribution is -2.37. The van der Waals surface area contributed by atoms with E-state index in [-0.39, 0.29) is 0 Å². The summed E-state index contributed by atoms with van der Waals surface area (Å²) < 4.78 is 58.1. The largest absolute Gasteiger partial charge is 0.432 e. The zero-order chi connectivity index (χ0) is 27.0. The number of H-pyrrole nitrogens is 1. The lowest BCUT2D eigenvalue weighted by Gasteiger charge is -2.27. The van der Waals surface area contributed by atoms with Crippen molar-refractivity contribution < 1.29 is 27.1 Å². The Morgan fingerprint density at radius 1 is 1.07 bits per heavy atom. The zero-order valence-electron chi connectivity index (χ0n) is 21.4. The van der Waals surface area contributed by atoms with Gasteiger partial charge >= 0.3 is 6.18 Å². The predicted molar refractivity (Wildman–Crippen MR) is 141 cm³/mol. The maximum absolute atomic E-state index is 13.5. The number of furan rings is 1. The van der Waals surface area contributed by atoms with Crippen LogP contribution in [0.3, 0.4) is 0 Å². The van der Waals surface area contributed by atoms with Crippen LogP contribution < -0.4 is 4.90 Å². The SMILES string of the molecule is FC(F)(F)c1cc2c(-c3nc(N4CCOCC4)c4oc5ncc(CN6C[C@@H]7C[C@H]6CO7)cc5c4n3)cccc2[nH]1. The van der Waals surface area contributed by atoms with E-state index in [0.29, 0.717) is 83.4 Å². The maximum Gasteiger partial charge on any atom is 0.431 e. The third-order valence-corrected chi connectivity index (χ3v) is 8.13. The number of hydrogen-bond acceptors (Lipinski definition) is 8. The smallest absolute Gasteiger partial charge is 0.431 e. The van der Waals surface area contributed by atoms with Gasteiger partial charge in [-0.15, -0.1) is 0 Å². The highest BCUT2D eigenvalue weighted by molar-refractivity contribution is 6.06. The summed E-state index contributed by atoms with van der Waals surface area (Å²) in [6, 6.07) is 8.67. The van der Waals surface area contributed by atoms with Crippen LogP contribution in [0.25, 0.3) is 44.5 Å². The van der Waals surface area contributed by atoms with Crippen molar-refractivity contribution in [2.45, 2.75) is 31.3 Å². The van der Waals surface area contributed by atoms with Crippen LogP contribution in [0, 0.1) is 0 Å². The average molecular weight is 551 g/mol. The van der Waals surface area contributed by atoms with Gasteiger partial charge in [-0.05, 0) is 30.2 Å². The molecule has 0 spiro atoms. The quantitative estimate of drug-likeness (QED) is 0.343. The molecule has 3 saturated heterocycles. The summed E-state index contributed by atoms with van der Waals surface area (Å²) in [5.41, 5.74) is 2.65. The number of nitrogens with zero attached hydrogens (tertiary/aromatic N) is 5. The first kappa shape index (κ1) is 24.1. The highest BCUT2D eigenvalue weighted by atomic mass is 19.4. The van der Waals surface area contributed by atoms with Crippen molar-refractivity contribution in [3.8, 4) is 11.4 Å². The van der Waals surface area contributed by atoms with E-state index in [9.17, 15) is 13.2 Å². The zero-order valence-corrected chi connectivity index (χ0v) is 21.4. The standard InChI is InChI=1S/C28H25F3N6O3/c29-28(30,31)22-10-19-18(2-1-3-21(19)33-22)25-34-23-20-8-15(12-37-13-17-9-16(37)14-39-17)11-32-27(20)40-24(23)26(35-25)36-4-6-38-7-5-36/h1-3,8,10-11,16-17,33H,4-7,9,12-14H2/t16-,17-/m0/s1. The lowest BCUT2D eigenvalue weighted by atomic mass is 10.1. The van der Waals surface area contributed by atoms with Crippen LogP contribution >= 0.6 is 0 Å². The van der Waals surface area contributed by atoms with Crippen molar-refractivity contribution in [1.82, 2.24) is 24.8 Å². The number of morpholine rings is 2. The third-order valence-electron chi connectivity index (χ3n) is 8.13. The van der Waals surface area contributed by atoms with Crippen LogP contribution in [0.15, 0.2) is 40.9 Å². The molecule has 0 radical (unpaired) electrons. The summed E-state index contributed by atoms with van der Waals surface area (Å²) in [4.78, 5) is 21.4. The van der Waals surface area contributed by atoms with Gasteiger partial charge in [-0.1, -0.05) is 12.1 Å². The topological polar surface area (TPSA) is 92.5 Å². The van der Waals surface area contributed by atoms with Crippen molar-refractivity contribution in [3.63, 3.8) is 0 Å². The van der Waals surface area contributed by atoms with E-state index in [2.05, 4.69) is 25.8 Å². The number of alkyl halides is 3. The molecule has 1 N–H and O–H groups in total. The van der Waals surface area contributed by atoms with Crippen LogP contribution in [0.4, 0.5) is 19.0 Å². The number of benzene rings is 1. The number of anilines is 1. The summed E-state index contributed by atoms with van der Waals surface area (Å²) in [6.45, 7) is 4.69. The Labute approximate surface area is 225 Å². The van der Waals surface area contributed by atoms with Gasteiger partial charge in [0.25, 0.3) is 0 Å². The van der Waals surface area contributed by atoms with Gasteiger partial charge in [0.1, 0.15) is 11.2 Å². The van der Waals surface area contributed by atoms with E-state index in [0.717, 1.165) is 43.1 Å². The Morgan fingerprint density at radius 2 is 1.95 bits per heavy atom. The summed E-state index contributed by atoms with van der Waals surface area (Å²) in [7, 11) is 0. The molecule has 8 rings (SSSR count). The predicted octanol–water partition coefficient (Wildman–Crippen LogP) is 4.75. The summed E-state index contributed by atoms with van der Waals surface area (Å²) in [6.07, 6.45) is -1.30. The monoisotopic (exact) mass is 550 g/mol. The molecule has 2 atom stereocenters. The molecule has 0 amide bonds. The van der Waals surface area contributed by atoms with E-state index < -0.39 is 11.9 Å². The molecule has 12 heteroatoms. The van der Waals surface area contributed by atoms with Crippen LogP contribution in [-0.2, 0) is 22.2 Å². The summed E-state index contributed by atoms with van der Waals surface area (Å²) in [5.74, 6) is 0.912. The fourth-order valence-corrected chi connectivity index (χ4v) is 6.16. The summed E-state index contributed by atoms with van der Waals surface area (Å²) in [5, 5.41) is 1.16. The van der Waals surface area contributed by atoms with Crippen molar-refractivity contribution >= 4 is 38.9 Å². The fraction of sp³-hybridized carbons (Fsp3) is 0.393. The molecule has 3 aliphatic rings. The van der Waals surface area contributed by atoms with Gasteiger partial charge in [-0.3, -0.25) is 4.90 Å². The Balaban J connectivity index is 1.29.